The second kappa shape index (κ2) is 5.54. The van der Waals surface area contributed by atoms with E-state index in [-0.39, 0.29) is 5.91 Å². The maximum absolute atomic E-state index is 11.3. The van der Waals surface area contributed by atoms with Crippen LogP contribution in [0.4, 0.5) is 5.69 Å². The summed E-state index contributed by atoms with van der Waals surface area (Å²) >= 11 is 11.3. The monoisotopic (exact) mass is 283 g/mol. The lowest BCUT2D eigenvalue weighted by Crippen LogP contribution is -2.51. The Balaban J connectivity index is 2.07. The van der Waals surface area contributed by atoms with Gasteiger partial charge in [0.2, 0.25) is 5.91 Å². The molecule has 4 nitrogen and oxygen atoms in total. The molecule has 1 aliphatic heterocycles. The molecule has 18 heavy (non-hydrogen) atoms. The lowest BCUT2D eigenvalue weighted by atomic mass is 10.2. The molecule has 1 aromatic rings. The largest absolute Gasteiger partial charge is 0.353 e. The fraction of sp³-hybridized carbons (Fsp3) is 0.333. The second-order valence-electron chi connectivity index (χ2n) is 4.11. The summed E-state index contributed by atoms with van der Waals surface area (Å²) in [7, 11) is 0. The molecule has 0 spiro atoms. The van der Waals surface area contributed by atoms with Gasteiger partial charge in [-0.3, -0.25) is 4.79 Å². The average Bonchev–Trinajstić information content (AvgIpc) is 2.35. The van der Waals surface area contributed by atoms with Crippen molar-refractivity contribution in [1.82, 2.24) is 10.2 Å². The number of piperazine rings is 1. The van der Waals surface area contributed by atoms with Crippen LogP contribution in [0.3, 0.4) is 0 Å². The predicted octanol–water partition coefficient (Wildman–Crippen LogP) is 1.78. The van der Waals surface area contributed by atoms with Crippen LogP contribution < -0.4 is 10.6 Å². The summed E-state index contributed by atoms with van der Waals surface area (Å²) in [5.74, 6) is -0.00628. The second-order valence-corrected chi connectivity index (χ2v) is 4.91. The van der Waals surface area contributed by atoms with E-state index in [1.165, 1.54) is 0 Å². The van der Waals surface area contributed by atoms with Gasteiger partial charge in [0.25, 0.3) is 0 Å². The molecule has 1 amide bonds. The molecule has 0 bridgehead atoms. The Morgan fingerprint density at radius 2 is 2.33 bits per heavy atom. The average molecular weight is 284 g/mol. The SMILES string of the molecule is Cc1c(Cl)cccc1NC(=S)N1CCNC(=O)C1. The van der Waals surface area contributed by atoms with Gasteiger partial charge in [0.15, 0.2) is 5.11 Å². The van der Waals surface area contributed by atoms with Crippen molar-refractivity contribution < 1.29 is 4.79 Å². The summed E-state index contributed by atoms with van der Waals surface area (Å²) in [6.07, 6.45) is 0. The van der Waals surface area contributed by atoms with Crippen molar-refractivity contribution in [1.29, 1.82) is 0 Å². The van der Waals surface area contributed by atoms with Crippen LogP contribution in [-0.2, 0) is 4.79 Å². The van der Waals surface area contributed by atoms with Gasteiger partial charge in [-0.25, -0.2) is 0 Å². The van der Waals surface area contributed by atoms with Crippen molar-refractivity contribution in [2.24, 2.45) is 0 Å². The minimum absolute atomic E-state index is 0.00628. The van der Waals surface area contributed by atoms with Crippen LogP contribution in [0.15, 0.2) is 18.2 Å². The lowest BCUT2D eigenvalue weighted by molar-refractivity contribution is -0.122. The molecule has 1 aromatic carbocycles. The first-order valence-corrected chi connectivity index (χ1v) is 6.44. The van der Waals surface area contributed by atoms with Gasteiger partial charge in [-0.1, -0.05) is 17.7 Å². The van der Waals surface area contributed by atoms with Crippen molar-refractivity contribution in [3.63, 3.8) is 0 Å². The molecule has 1 fully saturated rings. The van der Waals surface area contributed by atoms with E-state index < -0.39 is 0 Å². The van der Waals surface area contributed by atoms with Crippen molar-refractivity contribution in [3.8, 4) is 0 Å². The van der Waals surface area contributed by atoms with Crippen LogP contribution in [0, 0.1) is 6.92 Å². The highest BCUT2D eigenvalue weighted by Gasteiger charge is 2.18. The van der Waals surface area contributed by atoms with E-state index in [9.17, 15) is 4.79 Å². The van der Waals surface area contributed by atoms with Crippen molar-refractivity contribution in [2.45, 2.75) is 6.92 Å². The zero-order valence-electron chi connectivity index (χ0n) is 10.00. The Morgan fingerprint density at radius 3 is 3.06 bits per heavy atom. The van der Waals surface area contributed by atoms with Crippen LogP contribution in [0.2, 0.25) is 5.02 Å². The van der Waals surface area contributed by atoms with E-state index in [1.807, 2.05) is 30.0 Å². The molecule has 1 heterocycles. The Kier molecular flexibility index (Phi) is 4.04. The highest BCUT2D eigenvalue weighted by molar-refractivity contribution is 7.80. The molecule has 0 aliphatic carbocycles. The lowest BCUT2D eigenvalue weighted by Gasteiger charge is -2.29. The smallest absolute Gasteiger partial charge is 0.239 e. The van der Waals surface area contributed by atoms with Gasteiger partial charge < -0.3 is 15.5 Å². The molecule has 1 aliphatic rings. The third-order valence-corrected chi connectivity index (χ3v) is 3.60. The van der Waals surface area contributed by atoms with E-state index in [4.69, 9.17) is 23.8 Å². The number of thiocarbonyl (C=S) groups is 1. The van der Waals surface area contributed by atoms with Gasteiger partial charge in [-0.15, -0.1) is 0 Å². The van der Waals surface area contributed by atoms with Crippen molar-refractivity contribution in [2.75, 3.05) is 25.0 Å². The molecule has 96 valence electrons. The van der Waals surface area contributed by atoms with E-state index >= 15 is 0 Å². The number of nitrogens with one attached hydrogen (secondary N) is 2. The van der Waals surface area contributed by atoms with Crippen molar-refractivity contribution in [3.05, 3.63) is 28.8 Å². The van der Waals surface area contributed by atoms with Gasteiger partial charge in [0, 0.05) is 23.8 Å². The van der Waals surface area contributed by atoms with Crippen LogP contribution in [0.5, 0.6) is 0 Å². The summed E-state index contributed by atoms with van der Waals surface area (Å²) in [5, 5.41) is 7.14. The van der Waals surface area contributed by atoms with Crippen LogP contribution in [0.1, 0.15) is 5.56 Å². The number of amides is 1. The van der Waals surface area contributed by atoms with Crippen molar-refractivity contribution >= 4 is 40.5 Å². The van der Waals surface area contributed by atoms with E-state index in [0.717, 1.165) is 17.8 Å². The molecule has 0 atom stereocenters. The number of carbonyl (C=O) groups excluding carboxylic acids is 1. The highest BCUT2D eigenvalue weighted by atomic mass is 35.5. The normalized spacial score (nSPS) is 15.2. The first-order chi connectivity index (χ1) is 8.58. The minimum atomic E-state index is -0.00628. The summed E-state index contributed by atoms with van der Waals surface area (Å²) in [6.45, 7) is 3.56. The zero-order valence-corrected chi connectivity index (χ0v) is 11.6. The number of hydrogen-bond donors (Lipinski definition) is 2. The van der Waals surface area contributed by atoms with Crippen LogP contribution in [-0.4, -0.2) is 35.6 Å². The summed E-state index contributed by atoms with van der Waals surface area (Å²) in [4.78, 5) is 13.1. The summed E-state index contributed by atoms with van der Waals surface area (Å²) < 4.78 is 0. The quantitative estimate of drug-likeness (QED) is 0.771. The number of hydrogen-bond acceptors (Lipinski definition) is 2. The molecule has 6 heteroatoms. The molecule has 2 rings (SSSR count). The first kappa shape index (κ1) is 13.1. The van der Waals surface area contributed by atoms with Crippen LogP contribution in [0.25, 0.3) is 0 Å². The Morgan fingerprint density at radius 1 is 1.56 bits per heavy atom. The Labute approximate surface area is 116 Å². The van der Waals surface area contributed by atoms with Gasteiger partial charge in [-0.2, -0.15) is 0 Å². The Hall–Kier alpha value is -1.33. The topological polar surface area (TPSA) is 44.4 Å². The molecule has 1 saturated heterocycles. The maximum atomic E-state index is 11.3. The number of carbonyl (C=O) groups is 1. The van der Waals surface area contributed by atoms with Gasteiger partial charge in [0.1, 0.15) is 0 Å². The fourth-order valence-electron chi connectivity index (χ4n) is 1.75. The molecule has 0 radical (unpaired) electrons. The van der Waals surface area contributed by atoms with Gasteiger partial charge in [0.05, 0.1) is 6.54 Å². The molecular weight excluding hydrogens is 270 g/mol. The summed E-state index contributed by atoms with van der Waals surface area (Å²) in [5.41, 5.74) is 1.82. The Bertz CT molecular complexity index is 492. The minimum Gasteiger partial charge on any atom is -0.353 e. The van der Waals surface area contributed by atoms with Gasteiger partial charge in [-0.05, 0) is 36.8 Å². The van der Waals surface area contributed by atoms with Crippen LogP contribution >= 0.6 is 23.8 Å². The third kappa shape index (κ3) is 2.91. The maximum Gasteiger partial charge on any atom is 0.239 e. The molecule has 0 aromatic heterocycles. The molecule has 0 saturated carbocycles. The third-order valence-electron chi connectivity index (χ3n) is 2.83. The number of halogens is 1. The van der Waals surface area contributed by atoms with Gasteiger partial charge >= 0.3 is 0 Å². The number of benzene rings is 1. The first-order valence-electron chi connectivity index (χ1n) is 5.65. The number of anilines is 1. The predicted molar refractivity (Wildman–Crippen MR) is 77.0 cm³/mol. The summed E-state index contributed by atoms with van der Waals surface area (Å²) in [6, 6.07) is 5.61. The van der Waals surface area contributed by atoms with E-state index in [2.05, 4.69) is 10.6 Å². The van der Waals surface area contributed by atoms with E-state index in [1.54, 1.807) is 0 Å². The molecule has 2 N–H and O–H groups in total. The van der Waals surface area contributed by atoms with E-state index in [0.29, 0.717) is 23.2 Å². The standard InChI is InChI=1S/C12H14ClN3OS/c1-8-9(13)3-2-4-10(8)15-12(18)16-6-5-14-11(17)7-16/h2-4H,5-7H2,1H3,(H,14,17)(H,15,18). The zero-order chi connectivity index (χ0) is 13.1. The molecular formula is C12H14ClN3OS. The fourth-order valence-corrected chi connectivity index (χ4v) is 2.19. The number of nitrogens with zero attached hydrogens (tertiary/aromatic N) is 1. The highest BCUT2D eigenvalue weighted by Crippen LogP contribution is 2.23. The molecule has 0 unspecified atom stereocenters. The number of rotatable bonds is 1.